The predicted molar refractivity (Wildman–Crippen MR) is 137 cm³/mol. The molecule has 2 rings (SSSR count). The summed E-state index contributed by atoms with van der Waals surface area (Å²) in [5, 5.41) is 9.12. The molecule has 5 nitrogen and oxygen atoms in total. The molecule has 1 aliphatic rings. The fourth-order valence-corrected chi connectivity index (χ4v) is 5.66. The van der Waals surface area contributed by atoms with E-state index < -0.39 is 9.84 Å². The summed E-state index contributed by atoms with van der Waals surface area (Å²) in [5.74, 6) is 1.04. The number of halogens is 1. The lowest BCUT2D eigenvalue weighted by Crippen LogP contribution is -2.46. The van der Waals surface area contributed by atoms with Gasteiger partial charge in [0.25, 0.3) is 0 Å². The summed E-state index contributed by atoms with van der Waals surface area (Å²) >= 11 is 1.86. The van der Waals surface area contributed by atoms with E-state index in [-0.39, 0.29) is 40.6 Å². The summed E-state index contributed by atoms with van der Waals surface area (Å²) in [4.78, 5) is 6.26. The van der Waals surface area contributed by atoms with Gasteiger partial charge in [-0.3, -0.25) is 4.99 Å². The summed E-state index contributed by atoms with van der Waals surface area (Å²) in [6, 6.07) is 4.43. The normalized spacial score (nSPS) is 17.4. The molecule has 0 radical (unpaired) electrons. The molecule has 0 aromatic carbocycles. The van der Waals surface area contributed by atoms with Crippen molar-refractivity contribution in [3.63, 3.8) is 0 Å². The number of hydrogen-bond acceptors (Lipinski definition) is 4. The zero-order valence-electron chi connectivity index (χ0n) is 18.3. The van der Waals surface area contributed by atoms with E-state index >= 15 is 0 Å². The van der Waals surface area contributed by atoms with Crippen LogP contribution in [0.5, 0.6) is 0 Å². The van der Waals surface area contributed by atoms with Crippen LogP contribution in [0.25, 0.3) is 0 Å². The molecule has 0 unspecified atom stereocenters. The van der Waals surface area contributed by atoms with Crippen molar-refractivity contribution >= 4 is 51.1 Å². The molecular formula is C21H38IN3O2S2. The molecule has 1 fully saturated rings. The van der Waals surface area contributed by atoms with E-state index in [2.05, 4.69) is 48.9 Å². The van der Waals surface area contributed by atoms with Crippen molar-refractivity contribution in [2.75, 3.05) is 31.6 Å². The van der Waals surface area contributed by atoms with Gasteiger partial charge in [0.05, 0.1) is 5.75 Å². The molecule has 0 aliphatic heterocycles. The van der Waals surface area contributed by atoms with E-state index in [0.717, 1.165) is 19.0 Å². The van der Waals surface area contributed by atoms with Crippen molar-refractivity contribution in [2.45, 2.75) is 64.7 Å². The summed E-state index contributed by atoms with van der Waals surface area (Å²) in [6.07, 6.45) is 8.26. The minimum Gasteiger partial charge on any atom is -0.357 e. The third-order valence-corrected chi connectivity index (χ3v) is 7.67. The third kappa shape index (κ3) is 9.12. The largest absolute Gasteiger partial charge is 0.357 e. The van der Waals surface area contributed by atoms with Gasteiger partial charge in [-0.1, -0.05) is 39.2 Å². The van der Waals surface area contributed by atoms with Crippen LogP contribution in [-0.2, 0) is 15.3 Å². The zero-order chi connectivity index (χ0) is 20.7. The SMILES string of the molecule is CCNC(=NCC(C)(C)CCS(C)(=O)=O)NCC1(c2cccs2)CCCCC1.I. The minimum absolute atomic E-state index is 0. The second-order valence-corrected chi connectivity index (χ2v) is 12.1. The number of hydrogen-bond donors (Lipinski definition) is 2. The summed E-state index contributed by atoms with van der Waals surface area (Å²) in [7, 11) is -2.94. The second-order valence-electron chi connectivity index (χ2n) is 8.91. The molecule has 1 saturated carbocycles. The van der Waals surface area contributed by atoms with Gasteiger partial charge in [-0.15, -0.1) is 35.3 Å². The van der Waals surface area contributed by atoms with Crippen LogP contribution < -0.4 is 10.6 Å². The van der Waals surface area contributed by atoms with Crippen LogP contribution >= 0.6 is 35.3 Å². The Kier molecular flexibility index (Phi) is 10.9. The first-order valence-corrected chi connectivity index (χ1v) is 13.3. The van der Waals surface area contributed by atoms with Crippen LogP contribution in [0.4, 0.5) is 0 Å². The average Bonchev–Trinajstić information content (AvgIpc) is 3.18. The maximum absolute atomic E-state index is 11.5. The van der Waals surface area contributed by atoms with Crippen LogP contribution in [0.3, 0.4) is 0 Å². The van der Waals surface area contributed by atoms with Crippen molar-refractivity contribution in [1.82, 2.24) is 10.6 Å². The quantitative estimate of drug-likeness (QED) is 0.266. The van der Waals surface area contributed by atoms with Gasteiger partial charge in [0, 0.05) is 36.2 Å². The highest BCUT2D eigenvalue weighted by Gasteiger charge is 2.35. The van der Waals surface area contributed by atoms with Gasteiger partial charge in [0.15, 0.2) is 5.96 Å². The molecule has 0 bridgehead atoms. The van der Waals surface area contributed by atoms with Crippen LogP contribution in [0.2, 0.25) is 0 Å². The molecular weight excluding hydrogens is 517 g/mol. The molecule has 0 amide bonds. The molecule has 0 saturated heterocycles. The monoisotopic (exact) mass is 555 g/mol. The predicted octanol–water partition coefficient (Wildman–Crippen LogP) is 4.58. The van der Waals surface area contributed by atoms with Crippen molar-refractivity contribution in [3.8, 4) is 0 Å². The minimum atomic E-state index is -2.94. The Labute approximate surface area is 198 Å². The van der Waals surface area contributed by atoms with E-state index in [4.69, 9.17) is 4.99 Å². The highest BCUT2D eigenvalue weighted by atomic mass is 127. The van der Waals surface area contributed by atoms with Crippen molar-refractivity contribution in [1.29, 1.82) is 0 Å². The van der Waals surface area contributed by atoms with Crippen LogP contribution in [-0.4, -0.2) is 46.0 Å². The van der Waals surface area contributed by atoms with Crippen LogP contribution in [0.1, 0.15) is 64.2 Å². The Hall–Kier alpha value is -0.350. The Balaban J connectivity index is 0.00000420. The average molecular weight is 556 g/mol. The summed E-state index contributed by atoms with van der Waals surface area (Å²) in [6.45, 7) is 8.54. The number of sulfone groups is 1. The van der Waals surface area contributed by atoms with Crippen molar-refractivity contribution in [2.24, 2.45) is 10.4 Å². The Bertz CT molecular complexity index is 725. The molecule has 0 spiro atoms. The third-order valence-electron chi connectivity index (χ3n) is 5.61. The second kappa shape index (κ2) is 11.9. The standard InChI is InChI=1S/C21H37N3O2S2.HI/c1-5-22-19(23-16-20(2,3)13-15-28(4,25)26)24-17-21(11-7-6-8-12-21)18-10-9-14-27-18;/h9-10,14H,5-8,11-13,15-17H2,1-4H3,(H2,22,23,24);1H. The van der Waals surface area contributed by atoms with Gasteiger partial charge in [-0.2, -0.15) is 0 Å². The van der Waals surface area contributed by atoms with Gasteiger partial charge >= 0.3 is 0 Å². The highest BCUT2D eigenvalue weighted by Crippen LogP contribution is 2.41. The Morgan fingerprint density at radius 2 is 1.93 bits per heavy atom. The zero-order valence-corrected chi connectivity index (χ0v) is 22.3. The maximum atomic E-state index is 11.5. The van der Waals surface area contributed by atoms with Gasteiger partial charge in [-0.05, 0) is 43.0 Å². The molecule has 1 heterocycles. The fourth-order valence-electron chi connectivity index (χ4n) is 3.75. The van der Waals surface area contributed by atoms with Gasteiger partial charge in [0.1, 0.15) is 9.84 Å². The van der Waals surface area contributed by atoms with Crippen LogP contribution in [0.15, 0.2) is 22.5 Å². The molecule has 29 heavy (non-hydrogen) atoms. The molecule has 1 aromatic heterocycles. The first-order valence-electron chi connectivity index (χ1n) is 10.4. The van der Waals surface area contributed by atoms with Crippen LogP contribution in [0, 0.1) is 5.41 Å². The molecule has 2 N–H and O–H groups in total. The lowest BCUT2D eigenvalue weighted by molar-refractivity contribution is 0.296. The number of aliphatic imine (C=N–C) groups is 1. The number of rotatable bonds is 9. The van der Waals surface area contributed by atoms with E-state index in [0.29, 0.717) is 13.0 Å². The first-order chi connectivity index (χ1) is 13.2. The molecule has 8 heteroatoms. The van der Waals surface area contributed by atoms with Gasteiger partial charge < -0.3 is 10.6 Å². The topological polar surface area (TPSA) is 70.6 Å². The van der Waals surface area contributed by atoms with E-state index in [1.54, 1.807) is 0 Å². The van der Waals surface area contributed by atoms with Gasteiger partial charge in [0.2, 0.25) is 0 Å². The number of nitrogens with one attached hydrogen (secondary N) is 2. The molecule has 1 aliphatic carbocycles. The molecule has 1 aromatic rings. The molecule has 0 atom stereocenters. The van der Waals surface area contributed by atoms with Crippen molar-refractivity contribution in [3.05, 3.63) is 22.4 Å². The lowest BCUT2D eigenvalue weighted by Gasteiger charge is -2.37. The van der Waals surface area contributed by atoms with Crippen molar-refractivity contribution < 1.29 is 8.42 Å². The number of thiophene rings is 1. The van der Waals surface area contributed by atoms with Gasteiger partial charge in [-0.25, -0.2) is 8.42 Å². The lowest BCUT2D eigenvalue weighted by atomic mass is 9.73. The maximum Gasteiger partial charge on any atom is 0.191 e. The highest BCUT2D eigenvalue weighted by molar-refractivity contribution is 14.0. The smallest absolute Gasteiger partial charge is 0.191 e. The number of guanidine groups is 1. The number of nitrogens with zero attached hydrogens (tertiary/aromatic N) is 1. The Morgan fingerprint density at radius 1 is 1.24 bits per heavy atom. The summed E-state index contributed by atoms with van der Waals surface area (Å²) in [5.41, 5.74) is 0.0517. The van der Waals surface area contributed by atoms with E-state index in [9.17, 15) is 8.42 Å². The first kappa shape index (κ1) is 26.7. The summed E-state index contributed by atoms with van der Waals surface area (Å²) < 4.78 is 23.0. The Morgan fingerprint density at radius 3 is 2.48 bits per heavy atom. The van der Waals surface area contributed by atoms with E-state index in [1.165, 1.54) is 43.2 Å². The van der Waals surface area contributed by atoms with E-state index in [1.807, 2.05) is 11.3 Å². The fraction of sp³-hybridized carbons (Fsp3) is 0.762. The molecule has 168 valence electrons.